The largest absolute Gasteiger partial charge is 0.466 e. The first-order valence-corrected chi connectivity index (χ1v) is 4.55. The minimum atomic E-state index is -0.246. The van der Waals surface area contributed by atoms with Crippen molar-refractivity contribution >= 4 is 5.97 Å². The van der Waals surface area contributed by atoms with E-state index < -0.39 is 0 Å². The van der Waals surface area contributed by atoms with Crippen LogP contribution in [0.25, 0.3) is 0 Å². The van der Waals surface area contributed by atoms with Crippen molar-refractivity contribution in [1.29, 1.82) is 0 Å². The van der Waals surface area contributed by atoms with E-state index in [1.54, 1.807) is 13.1 Å². The third kappa shape index (κ3) is 2.79. The van der Waals surface area contributed by atoms with Crippen molar-refractivity contribution < 1.29 is 9.53 Å². The van der Waals surface area contributed by atoms with Crippen LogP contribution in [0.15, 0.2) is 11.8 Å². The number of rotatable bonds is 3. The highest BCUT2D eigenvalue weighted by molar-refractivity contribution is 5.73. The molecule has 14 heavy (non-hydrogen) atoms. The Bertz CT molecular complexity index is 278. The summed E-state index contributed by atoms with van der Waals surface area (Å²) in [5.41, 5.74) is 0.845. The number of nitrogens with one attached hydrogen (secondary N) is 2. The van der Waals surface area contributed by atoms with E-state index in [1.165, 1.54) is 0 Å². The molecule has 1 atom stereocenters. The molecular weight excluding hydrogens is 180 g/mol. The first-order chi connectivity index (χ1) is 6.77. The van der Waals surface area contributed by atoms with Gasteiger partial charge in [-0.25, -0.2) is 0 Å². The van der Waals surface area contributed by atoms with Gasteiger partial charge in [-0.15, -0.1) is 6.42 Å². The van der Waals surface area contributed by atoms with Crippen LogP contribution in [-0.4, -0.2) is 25.3 Å². The fourth-order valence-electron chi connectivity index (χ4n) is 1.26. The van der Waals surface area contributed by atoms with Crippen LogP contribution in [0.5, 0.6) is 0 Å². The van der Waals surface area contributed by atoms with Gasteiger partial charge in [-0.1, -0.05) is 5.92 Å². The highest BCUT2D eigenvalue weighted by Crippen LogP contribution is 2.09. The normalized spacial score (nSPS) is 20.3. The van der Waals surface area contributed by atoms with Crippen molar-refractivity contribution in [1.82, 2.24) is 10.6 Å². The number of hydrogen-bond donors (Lipinski definition) is 2. The van der Waals surface area contributed by atoms with Crippen LogP contribution in [0.3, 0.4) is 0 Å². The molecule has 0 bridgehead atoms. The molecule has 4 nitrogen and oxygen atoms in total. The molecule has 0 aliphatic carbocycles. The van der Waals surface area contributed by atoms with Gasteiger partial charge >= 0.3 is 5.97 Å². The summed E-state index contributed by atoms with van der Waals surface area (Å²) in [6, 6.07) is -0.166. The number of terminal acetylenes is 1. The maximum atomic E-state index is 11.2. The Balaban J connectivity index is 2.53. The Hall–Kier alpha value is -1.47. The van der Waals surface area contributed by atoms with E-state index in [9.17, 15) is 4.79 Å². The lowest BCUT2D eigenvalue weighted by Gasteiger charge is -2.21. The zero-order valence-electron chi connectivity index (χ0n) is 8.17. The zero-order chi connectivity index (χ0) is 10.4. The van der Waals surface area contributed by atoms with E-state index in [1.807, 2.05) is 0 Å². The van der Waals surface area contributed by atoms with Gasteiger partial charge in [0.25, 0.3) is 0 Å². The summed E-state index contributed by atoms with van der Waals surface area (Å²) in [4.78, 5) is 11.2. The quantitative estimate of drug-likeness (QED) is 0.489. The predicted molar refractivity (Wildman–Crippen MR) is 53.1 cm³/mol. The second kappa shape index (κ2) is 5.30. The SMILES string of the molecule is C#CC1NCNC=C1CC(=O)OCC. The van der Waals surface area contributed by atoms with Crippen molar-refractivity contribution in [3.63, 3.8) is 0 Å². The minimum absolute atomic E-state index is 0.166. The van der Waals surface area contributed by atoms with E-state index in [2.05, 4.69) is 16.6 Å². The fraction of sp³-hybridized carbons (Fsp3) is 0.500. The topological polar surface area (TPSA) is 50.4 Å². The third-order valence-electron chi connectivity index (χ3n) is 1.89. The zero-order valence-corrected chi connectivity index (χ0v) is 8.17. The number of carbonyl (C=O) groups excluding carboxylic acids is 1. The summed E-state index contributed by atoms with van der Waals surface area (Å²) in [5.74, 6) is 2.33. The van der Waals surface area contributed by atoms with Crippen molar-refractivity contribution in [2.24, 2.45) is 0 Å². The number of hydrogen-bond acceptors (Lipinski definition) is 4. The van der Waals surface area contributed by atoms with Crippen molar-refractivity contribution in [3.8, 4) is 12.3 Å². The molecule has 1 unspecified atom stereocenters. The summed E-state index contributed by atoms with van der Waals surface area (Å²) in [7, 11) is 0. The summed E-state index contributed by atoms with van der Waals surface area (Å²) in [6.45, 7) is 2.80. The van der Waals surface area contributed by atoms with Crippen molar-refractivity contribution in [3.05, 3.63) is 11.8 Å². The van der Waals surface area contributed by atoms with Gasteiger partial charge in [0.2, 0.25) is 0 Å². The van der Waals surface area contributed by atoms with Gasteiger partial charge in [0, 0.05) is 0 Å². The molecule has 1 rings (SSSR count). The molecule has 1 heterocycles. The minimum Gasteiger partial charge on any atom is -0.466 e. The molecule has 0 saturated carbocycles. The number of carbonyl (C=O) groups is 1. The van der Waals surface area contributed by atoms with Crippen LogP contribution >= 0.6 is 0 Å². The molecule has 0 aromatic heterocycles. The van der Waals surface area contributed by atoms with Gasteiger partial charge in [-0.05, 0) is 18.7 Å². The Morgan fingerprint density at radius 1 is 1.86 bits per heavy atom. The van der Waals surface area contributed by atoms with E-state index in [0.29, 0.717) is 13.3 Å². The van der Waals surface area contributed by atoms with Crippen LogP contribution in [0.2, 0.25) is 0 Å². The van der Waals surface area contributed by atoms with Gasteiger partial charge in [-0.3, -0.25) is 10.1 Å². The molecule has 2 N–H and O–H groups in total. The summed E-state index contributed by atoms with van der Waals surface area (Å²) in [6.07, 6.45) is 7.32. The van der Waals surface area contributed by atoms with Gasteiger partial charge in [-0.2, -0.15) is 0 Å². The highest BCUT2D eigenvalue weighted by Gasteiger charge is 2.17. The highest BCUT2D eigenvalue weighted by atomic mass is 16.5. The van der Waals surface area contributed by atoms with Crippen LogP contribution in [-0.2, 0) is 9.53 Å². The van der Waals surface area contributed by atoms with Gasteiger partial charge in [0.05, 0.1) is 25.7 Å². The monoisotopic (exact) mass is 194 g/mol. The Labute approximate surface area is 83.7 Å². The maximum absolute atomic E-state index is 11.2. The van der Waals surface area contributed by atoms with E-state index in [0.717, 1.165) is 5.57 Å². The molecule has 0 saturated heterocycles. The molecule has 76 valence electrons. The van der Waals surface area contributed by atoms with Gasteiger partial charge in [0.15, 0.2) is 0 Å². The van der Waals surface area contributed by atoms with Crippen molar-refractivity contribution in [2.45, 2.75) is 19.4 Å². The van der Waals surface area contributed by atoms with Crippen LogP contribution in [0.1, 0.15) is 13.3 Å². The molecule has 0 amide bonds. The third-order valence-corrected chi connectivity index (χ3v) is 1.89. The van der Waals surface area contributed by atoms with Crippen LogP contribution < -0.4 is 10.6 Å². The second-order valence-electron chi connectivity index (χ2n) is 2.89. The average Bonchev–Trinajstić information content (AvgIpc) is 2.19. The molecule has 0 aromatic rings. The maximum Gasteiger partial charge on any atom is 0.310 e. The molecule has 1 aliphatic heterocycles. The molecule has 0 radical (unpaired) electrons. The fourth-order valence-corrected chi connectivity index (χ4v) is 1.26. The molecule has 0 spiro atoms. The Morgan fingerprint density at radius 2 is 2.64 bits per heavy atom. The van der Waals surface area contributed by atoms with Gasteiger partial charge in [0.1, 0.15) is 0 Å². The Morgan fingerprint density at radius 3 is 3.29 bits per heavy atom. The predicted octanol–water partition coefficient (Wildman–Crippen LogP) is -0.0244. The lowest BCUT2D eigenvalue weighted by molar-refractivity contribution is -0.142. The summed E-state index contributed by atoms with van der Waals surface area (Å²) in [5, 5.41) is 6.01. The molecule has 0 fully saturated rings. The number of ether oxygens (including phenoxy) is 1. The van der Waals surface area contributed by atoms with Crippen LogP contribution in [0.4, 0.5) is 0 Å². The standard InChI is InChI=1S/C10H14N2O2/c1-3-9-8(6-11-7-12-9)5-10(13)14-4-2/h1,6,9,11-12H,4-5,7H2,2H3. The first-order valence-electron chi connectivity index (χ1n) is 4.55. The molecule has 1 aliphatic rings. The summed E-state index contributed by atoms with van der Waals surface area (Å²) >= 11 is 0. The van der Waals surface area contributed by atoms with Crippen molar-refractivity contribution in [2.75, 3.05) is 13.3 Å². The Kier molecular flexibility index (Phi) is 4.02. The lowest BCUT2D eigenvalue weighted by atomic mass is 10.0. The molecule has 0 aromatic carbocycles. The van der Waals surface area contributed by atoms with E-state index in [-0.39, 0.29) is 18.4 Å². The second-order valence-corrected chi connectivity index (χ2v) is 2.89. The lowest BCUT2D eigenvalue weighted by Crippen LogP contribution is -2.41. The van der Waals surface area contributed by atoms with E-state index >= 15 is 0 Å². The smallest absolute Gasteiger partial charge is 0.310 e. The van der Waals surface area contributed by atoms with Gasteiger partial charge < -0.3 is 10.1 Å². The average molecular weight is 194 g/mol. The van der Waals surface area contributed by atoms with Crippen LogP contribution in [0, 0.1) is 12.3 Å². The molecular formula is C10H14N2O2. The number of esters is 1. The summed E-state index contributed by atoms with van der Waals surface area (Å²) < 4.78 is 4.83. The molecule has 4 heteroatoms. The first kappa shape index (κ1) is 10.6. The van der Waals surface area contributed by atoms with E-state index in [4.69, 9.17) is 11.2 Å².